The summed E-state index contributed by atoms with van der Waals surface area (Å²) in [4.78, 5) is 11.6. The molecule has 118 valence electrons. The van der Waals surface area contributed by atoms with Crippen LogP contribution in [0.25, 0.3) is 0 Å². The van der Waals surface area contributed by atoms with Gasteiger partial charge < -0.3 is 0 Å². The largest absolute Gasteiger partial charge is 0.299 e. The van der Waals surface area contributed by atoms with Gasteiger partial charge in [-0.05, 0) is 6.42 Å². The Morgan fingerprint density at radius 2 is 1.30 bits per heavy atom. The minimum absolute atomic E-state index is 0.110. The van der Waals surface area contributed by atoms with Crippen molar-refractivity contribution in [3.05, 3.63) is 12.7 Å². The maximum absolute atomic E-state index is 11.6. The van der Waals surface area contributed by atoms with Crippen molar-refractivity contribution in [1.29, 1.82) is 0 Å². The van der Waals surface area contributed by atoms with Gasteiger partial charge in [0, 0.05) is 12.3 Å². The molecule has 0 radical (unpaired) electrons. The number of allylic oxidation sites excluding steroid dienone is 1. The van der Waals surface area contributed by atoms with Gasteiger partial charge >= 0.3 is 0 Å². The fraction of sp³-hybridized carbons (Fsp3) is 0.842. The van der Waals surface area contributed by atoms with Gasteiger partial charge in [-0.3, -0.25) is 4.79 Å². The van der Waals surface area contributed by atoms with Gasteiger partial charge in [0.2, 0.25) is 0 Å². The van der Waals surface area contributed by atoms with Gasteiger partial charge in [0.15, 0.2) is 0 Å². The zero-order chi connectivity index (χ0) is 15.1. The third-order valence-electron chi connectivity index (χ3n) is 4.17. The van der Waals surface area contributed by atoms with E-state index in [-0.39, 0.29) is 5.92 Å². The Morgan fingerprint density at radius 1 is 0.850 bits per heavy atom. The van der Waals surface area contributed by atoms with E-state index in [9.17, 15) is 4.79 Å². The zero-order valence-electron chi connectivity index (χ0n) is 14.0. The third kappa shape index (κ3) is 11.3. The molecule has 0 aliphatic rings. The van der Waals surface area contributed by atoms with Crippen molar-refractivity contribution in [2.75, 3.05) is 0 Å². The molecule has 0 rings (SSSR count). The van der Waals surface area contributed by atoms with Crippen molar-refractivity contribution in [2.24, 2.45) is 5.92 Å². The molecule has 0 amide bonds. The van der Waals surface area contributed by atoms with E-state index in [4.69, 9.17) is 0 Å². The molecule has 1 unspecified atom stereocenters. The van der Waals surface area contributed by atoms with E-state index >= 15 is 0 Å². The molecule has 20 heavy (non-hydrogen) atoms. The van der Waals surface area contributed by atoms with E-state index in [1.807, 2.05) is 13.0 Å². The quantitative estimate of drug-likeness (QED) is 0.248. The molecule has 0 saturated heterocycles. The number of unbranched alkanes of at least 4 members (excludes halogenated alkanes) is 10. The van der Waals surface area contributed by atoms with Crippen molar-refractivity contribution >= 4 is 5.78 Å². The Kier molecular flexibility index (Phi) is 14.4. The normalized spacial score (nSPS) is 12.3. The van der Waals surface area contributed by atoms with E-state index in [0.717, 1.165) is 6.42 Å². The molecule has 0 N–H and O–H groups in total. The zero-order valence-corrected chi connectivity index (χ0v) is 14.0. The standard InChI is InChI=1S/C19H36O/c1-4-7-8-9-10-11-12-13-14-15-16-17-18(5-2)19(20)6-3/h5,18H,2,4,6-17H2,1,3H3. The van der Waals surface area contributed by atoms with Crippen molar-refractivity contribution < 1.29 is 4.79 Å². The first-order valence-corrected chi connectivity index (χ1v) is 8.91. The Hall–Kier alpha value is -0.590. The summed E-state index contributed by atoms with van der Waals surface area (Å²) in [5.74, 6) is 0.464. The Morgan fingerprint density at radius 3 is 1.70 bits per heavy atom. The summed E-state index contributed by atoms with van der Waals surface area (Å²) in [5.41, 5.74) is 0. The molecule has 0 spiro atoms. The topological polar surface area (TPSA) is 17.1 Å². The molecular weight excluding hydrogens is 244 g/mol. The molecule has 1 atom stereocenters. The highest BCUT2D eigenvalue weighted by Gasteiger charge is 2.11. The second-order valence-corrected chi connectivity index (χ2v) is 5.99. The van der Waals surface area contributed by atoms with Gasteiger partial charge in [-0.2, -0.15) is 0 Å². The van der Waals surface area contributed by atoms with Crippen LogP contribution in [-0.4, -0.2) is 5.78 Å². The average molecular weight is 280 g/mol. The lowest BCUT2D eigenvalue weighted by Gasteiger charge is -2.09. The number of rotatable bonds is 15. The summed E-state index contributed by atoms with van der Waals surface area (Å²) in [6, 6.07) is 0. The first-order valence-electron chi connectivity index (χ1n) is 8.91. The average Bonchev–Trinajstić information content (AvgIpc) is 2.48. The molecule has 0 aliphatic carbocycles. The monoisotopic (exact) mass is 280 g/mol. The van der Waals surface area contributed by atoms with E-state index in [0.29, 0.717) is 12.2 Å². The maximum Gasteiger partial charge on any atom is 0.139 e. The highest BCUT2D eigenvalue weighted by Crippen LogP contribution is 2.16. The van der Waals surface area contributed by atoms with E-state index in [1.54, 1.807) is 0 Å². The minimum atomic E-state index is 0.110. The number of carbonyl (C=O) groups excluding carboxylic acids is 1. The van der Waals surface area contributed by atoms with Gasteiger partial charge in [0.05, 0.1) is 0 Å². The summed E-state index contributed by atoms with van der Waals surface area (Å²) in [6.45, 7) is 7.99. The predicted octanol–water partition coefficient (Wildman–Crippen LogP) is 6.47. The van der Waals surface area contributed by atoms with Crippen LogP contribution in [-0.2, 0) is 4.79 Å². The molecule has 0 saturated carbocycles. The van der Waals surface area contributed by atoms with Gasteiger partial charge in [-0.15, -0.1) is 6.58 Å². The Bertz CT molecular complexity index is 232. The predicted molar refractivity (Wildman–Crippen MR) is 90.1 cm³/mol. The molecule has 0 aromatic carbocycles. The molecule has 0 heterocycles. The first kappa shape index (κ1) is 19.4. The minimum Gasteiger partial charge on any atom is -0.299 e. The lowest BCUT2D eigenvalue weighted by molar-refractivity contribution is -0.121. The van der Waals surface area contributed by atoms with Crippen LogP contribution in [0, 0.1) is 5.92 Å². The molecule has 0 aromatic heterocycles. The van der Waals surface area contributed by atoms with Crippen molar-refractivity contribution in [2.45, 2.75) is 97.3 Å². The van der Waals surface area contributed by atoms with Gasteiger partial charge in [0.1, 0.15) is 5.78 Å². The highest BCUT2D eigenvalue weighted by molar-refractivity contribution is 5.82. The number of ketones is 1. The second kappa shape index (κ2) is 14.8. The van der Waals surface area contributed by atoms with E-state index < -0.39 is 0 Å². The summed E-state index contributed by atoms with van der Waals surface area (Å²) >= 11 is 0. The van der Waals surface area contributed by atoms with Crippen LogP contribution in [0.2, 0.25) is 0 Å². The fourth-order valence-corrected chi connectivity index (χ4v) is 2.70. The van der Waals surface area contributed by atoms with Crippen LogP contribution < -0.4 is 0 Å². The Labute approximate surface area is 127 Å². The molecule has 0 aliphatic heterocycles. The van der Waals surface area contributed by atoms with Crippen LogP contribution in [0.1, 0.15) is 97.3 Å². The number of hydrogen-bond acceptors (Lipinski definition) is 1. The van der Waals surface area contributed by atoms with E-state index in [1.165, 1.54) is 70.6 Å². The van der Waals surface area contributed by atoms with Crippen LogP contribution in [0.5, 0.6) is 0 Å². The highest BCUT2D eigenvalue weighted by atomic mass is 16.1. The summed E-state index contributed by atoms with van der Waals surface area (Å²) < 4.78 is 0. The number of Topliss-reactive ketones (excluding diaryl/α,β-unsaturated/α-hetero) is 1. The second-order valence-electron chi connectivity index (χ2n) is 5.99. The van der Waals surface area contributed by atoms with Crippen LogP contribution in [0.3, 0.4) is 0 Å². The van der Waals surface area contributed by atoms with Crippen LogP contribution in [0.4, 0.5) is 0 Å². The fourth-order valence-electron chi connectivity index (χ4n) is 2.70. The summed E-state index contributed by atoms with van der Waals surface area (Å²) in [5, 5.41) is 0. The first-order chi connectivity index (χ1) is 9.76. The SMILES string of the molecule is C=CC(CCCCCCCCCCCCC)C(=O)CC. The molecule has 1 nitrogen and oxygen atoms in total. The molecular formula is C19H36O. The Balaban J connectivity index is 3.27. The third-order valence-corrected chi connectivity index (χ3v) is 4.17. The lowest BCUT2D eigenvalue weighted by atomic mass is 9.95. The van der Waals surface area contributed by atoms with E-state index in [2.05, 4.69) is 13.5 Å². The van der Waals surface area contributed by atoms with Crippen molar-refractivity contribution in [3.8, 4) is 0 Å². The number of carbonyl (C=O) groups is 1. The van der Waals surface area contributed by atoms with Gasteiger partial charge in [-0.25, -0.2) is 0 Å². The smallest absolute Gasteiger partial charge is 0.139 e. The molecule has 0 bridgehead atoms. The van der Waals surface area contributed by atoms with Gasteiger partial charge in [-0.1, -0.05) is 90.6 Å². The maximum atomic E-state index is 11.6. The molecule has 1 heteroatoms. The van der Waals surface area contributed by atoms with Gasteiger partial charge in [0.25, 0.3) is 0 Å². The molecule has 0 fully saturated rings. The molecule has 0 aromatic rings. The van der Waals surface area contributed by atoms with Crippen molar-refractivity contribution in [3.63, 3.8) is 0 Å². The summed E-state index contributed by atoms with van der Waals surface area (Å²) in [7, 11) is 0. The lowest BCUT2D eigenvalue weighted by Crippen LogP contribution is -2.10. The van der Waals surface area contributed by atoms with Crippen LogP contribution >= 0.6 is 0 Å². The van der Waals surface area contributed by atoms with Crippen molar-refractivity contribution in [1.82, 2.24) is 0 Å². The van der Waals surface area contributed by atoms with Crippen LogP contribution in [0.15, 0.2) is 12.7 Å². The number of hydrogen-bond donors (Lipinski definition) is 0. The summed E-state index contributed by atoms with van der Waals surface area (Å²) in [6.07, 6.45) is 18.5.